The molecule has 0 fully saturated rings. The van der Waals surface area contributed by atoms with Gasteiger partial charge in [-0.15, -0.1) is 0 Å². The number of ether oxygens (including phenoxy) is 2. The third-order valence-corrected chi connectivity index (χ3v) is 3.46. The predicted octanol–water partition coefficient (Wildman–Crippen LogP) is 3.83. The van der Waals surface area contributed by atoms with Crippen LogP contribution in [0.15, 0.2) is 18.2 Å². The molecule has 0 aliphatic rings. The first-order chi connectivity index (χ1) is 7.09. The van der Waals surface area contributed by atoms with Crippen molar-refractivity contribution in [2.24, 2.45) is 0 Å². The van der Waals surface area contributed by atoms with Crippen LogP contribution in [0.1, 0.15) is 5.56 Å². The van der Waals surface area contributed by atoms with Gasteiger partial charge in [-0.1, -0.05) is 45.2 Å². The van der Waals surface area contributed by atoms with E-state index in [9.17, 15) is 0 Å². The molecule has 0 aliphatic carbocycles. The minimum absolute atomic E-state index is 0.481. The minimum Gasteiger partial charge on any atom is -0.349 e. The van der Waals surface area contributed by atoms with E-state index >= 15 is 0 Å². The molecule has 15 heavy (non-hydrogen) atoms. The van der Waals surface area contributed by atoms with Gasteiger partial charge in [0, 0.05) is 24.8 Å². The summed E-state index contributed by atoms with van der Waals surface area (Å²) in [5.41, 5.74) is 0.746. The first kappa shape index (κ1) is 13.3. The van der Waals surface area contributed by atoms with Crippen molar-refractivity contribution in [2.45, 2.75) is 5.79 Å². The van der Waals surface area contributed by atoms with E-state index in [4.69, 9.17) is 32.7 Å². The zero-order valence-corrected chi connectivity index (χ0v) is 11.5. The first-order valence-corrected chi connectivity index (χ1v) is 6.09. The van der Waals surface area contributed by atoms with Gasteiger partial charge in [0.25, 0.3) is 0 Å². The summed E-state index contributed by atoms with van der Waals surface area (Å²) < 4.78 is 10.7. The second-order valence-electron chi connectivity index (χ2n) is 2.92. The molecule has 0 atom stereocenters. The lowest BCUT2D eigenvalue weighted by atomic mass is 10.1. The highest BCUT2D eigenvalue weighted by Crippen LogP contribution is 2.34. The quantitative estimate of drug-likeness (QED) is 0.621. The van der Waals surface area contributed by atoms with E-state index in [1.807, 2.05) is 0 Å². The number of hydrogen-bond donors (Lipinski definition) is 0. The Balaban J connectivity index is 3.22. The molecule has 84 valence electrons. The van der Waals surface area contributed by atoms with Gasteiger partial charge < -0.3 is 9.47 Å². The van der Waals surface area contributed by atoms with Crippen molar-refractivity contribution in [3.05, 3.63) is 33.8 Å². The molecule has 2 nitrogen and oxygen atoms in total. The molecule has 0 spiro atoms. The summed E-state index contributed by atoms with van der Waals surface area (Å²) in [6.07, 6.45) is 0. The van der Waals surface area contributed by atoms with Crippen LogP contribution in [-0.4, -0.2) is 19.5 Å². The van der Waals surface area contributed by atoms with Gasteiger partial charge in [0.05, 0.1) is 10.4 Å². The van der Waals surface area contributed by atoms with Crippen LogP contribution in [0.4, 0.5) is 0 Å². The average molecular weight is 314 g/mol. The van der Waals surface area contributed by atoms with Gasteiger partial charge in [0.15, 0.2) is 0 Å². The van der Waals surface area contributed by atoms with Gasteiger partial charge in [0.2, 0.25) is 5.79 Å². The molecule has 0 aliphatic heterocycles. The second-order valence-corrected chi connectivity index (χ2v) is 4.32. The number of alkyl halides is 1. The summed E-state index contributed by atoms with van der Waals surface area (Å²) in [5.74, 6) is -0.873. The Morgan fingerprint density at radius 2 is 1.87 bits per heavy atom. The third-order valence-electron chi connectivity index (χ3n) is 2.18. The fourth-order valence-corrected chi connectivity index (χ4v) is 2.60. The number of benzene rings is 1. The van der Waals surface area contributed by atoms with Crippen molar-refractivity contribution in [3.8, 4) is 0 Å². The Kier molecular flexibility index (Phi) is 4.87. The van der Waals surface area contributed by atoms with Crippen LogP contribution in [0, 0.1) is 0 Å². The standard InChI is InChI=1S/C10H11BrCl2O2/c1-14-10(6-11,15-2)8-4-3-7(12)5-9(8)13/h3-5H,6H2,1-2H3. The highest BCUT2D eigenvalue weighted by molar-refractivity contribution is 9.09. The summed E-state index contributed by atoms with van der Waals surface area (Å²) in [6, 6.07) is 5.20. The zero-order valence-electron chi connectivity index (χ0n) is 8.39. The number of halogens is 3. The lowest BCUT2D eigenvalue weighted by Crippen LogP contribution is -2.32. The molecular weight excluding hydrogens is 303 g/mol. The van der Waals surface area contributed by atoms with Crippen LogP contribution >= 0.6 is 39.1 Å². The molecule has 0 radical (unpaired) electrons. The van der Waals surface area contributed by atoms with Crippen LogP contribution in [0.5, 0.6) is 0 Å². The highest BCUT2D eigenvalue weighted by atomic mass is 79.9. The Bertz CT molecular complexity index is 332. The smallest absolute Gasteiger partial charge is 0.205 e. The Morgan fingerprint density at radius 1 is 1.27 bits per heavy atom. The maximum atomic E-state index is 6.08. The average Bonchev–Trinajstić information content (AvgIpc) is 2.23. The van der Waals surface area contributed by atoms with E-state index in [2.05, 4.69) is 15.9 Å². The Morgan fingerprint density at radius 3 is 2.27 bits per heavy atom. The molecule has 0 unspecified atom stereocenters. The van der Waals surface area contributed by atoms with Crippen molar-refractivity contribution in [3.63, 3.8) is 0 Å². The molecule has 0 bridgehead atoms. The summed E-state index contributed by atoms with van der Waals surface area (Å²) in [4.78, 5) is 0. The van der Waals surface area contributed by atoms with Gasteiger partial charge in [-0.2, -0.15) is 0 Å². The number of methoxy groups -OCH3 is 2. The van der Waals surface area contributed by atoms with Crippen molar-refractivity contribution >= 4 is 39.1 Å². The van der Waals surface area contributed by atoms with Crippen LogP contribution < -0.4 is 0 Å². The molecule has 0 N–H and O–H groups in total. The number of rotatable bonds is 4. The second kappa shape index (κ2) is 5.51. The summed E-state index contributed by atoms with van der Waals surface area (Å²) >= 11 is 15.2. The maximum absolute atomic E-state index is 6.08. The topological polar surface area (TPSA) is 18.5 Å². The lowest BCUT2D eigenvalue weighted by Gasteiger charge is -2.30. The van der Waals surface area contributed by atoms with Crippen molar-refractivity contribution < 1.29 is 9.47 Å². The predicted molar refractivity (Wildman–Crippen MR) is 66.0 cm³/mol. The van der Waals surface area contributed by atoms with Crippen molar-refractivity contribution in [1.29, 1.82) is 0 Å². The fraction of sp³-hybridized carbons (Fsp3) is 0.400. The van der Waals surface area contributed by atoms with E-state index < -0.39 is 5.79 Å². The van der Waals surface area contributed by atoms with E-state index in [1.54, 1.807) is 32.4 Å². The Labute approximate surface area is 108 Å². The molecular formula is C10H11BrCl2O2. The van der Waals surface area contributed by atoms with Gasteiger partial charge in [-0.3, -0.25) is 0 Å². The maximum Gasteiger partial charge on any atom is 0.205 e. The fourth-order valence-electron chi connectivity index (χ4n) is 1.28. The van der Waals surface area contributed by atoms with Crippen LogP contribution in [0.3, 0.4) is 0 Å². The largest absolute Gasteiger partial charge is 0.349 e. The number of hydrogen-bond acceptors (Lipinski definition) is 2. The van der Waals surface area contributed by atoms with Gasteiger partial charge >= 0.3 is 0 Å². The molecule has 0 saturated heterocycles. The third kappa shape index (κ3) is 2.66. The van der Waals surface area contributed by atoms with Crippen molar-refractivity contribution in [2.75, 3.05) is 19.5 Å². The van der Waals surface area contributed by atoms with Crippen LogP contribution in [-0.2, 0) is 15.3 Å². The molecule has 0 heterocycles. The van der Waals surface area contributed by atoms with E-state index in [0.29, 0.717) is 15.4 Å². The molecule has 1 aromatic carbocycles. The molecule has 0 saturated carbocycles. The van der Waals surface area contributed by atoms with Gasteiger partial charge in [-0.05, 0) is 12.1 Å². The van der Waals surface area contributed by atoms with E-state index in [0.717, 1.165) is 5.56 Å². The summed E-state index contributed by atoms with van der Waals surface area (Å²) in [5, 5.41) is 1.58. The van der Waals surface area contributed by atoms with Gasteiger partial charge in [0.1, 0.15) is 0 Å². The lowest BCUT2D eigenvalue weighted by molar-refractivity contribution is -0.196. The molecule has 0 amide bonds. The summed E-state index contributed by atoms with van der Waals surface area (Å²) in [7, 11) is 3.13. The normalized spacial score (nSPS) is 11.8. The zero-order chi connectivity index (χ0) is 11.5. The van der Waals surface area contributed by atoms with E-state index in [-0.39, 0.29) is 0 Å². The minimum atomic E-state index is -0.873. The van der Waals surface area contributed by atoms with E-state index in [1.165, 1.54) is 0 Å². The molecule has 5 heteroatoms. The van der Waals surface area contributed by atoms with Crippen LogP contribution in [0.2, 0.25) is 10.0 Å². The first-order valence-electron chi connectivity index (χ1n) is 4.21. The van der Waals surface area contributed by atoms with Gasteiger partial charge in [-0.25, -0.2) is 0 Å². The SMILES string of the molecule is COC(CBr)(OC)c1ccc(Cl)cc1Cl. The monoisotopic (exact) mass is 312 g/mol. The van der Waals surface area contributed by atoms with Crippen LogP contribution in [0.25, 0.3) is 0 Å². The molecule has 1 rings (SSSR count). The Hall–Kier alpha value is 0.200. The van der Waals surface area contributed by atoms with Crippen molar-refractivity contribution in [1.82, 2.24) is 0 Å². The molecule has 1 aromatic rings. The summed E-state index contributed by atoms with van der Waals surface area (Å²) in [6.45, 7) is 0. The highest BCUT2D eigenvalue weighted by Gasteiger charge is 2.33. The molecule has 0 aromatic heterocycles.